The molecule has 2 heteroatoms. The molecule has 1 aliphatic rings. The van der Waals surface area contributed by atoms with Gasteiger partial charge in [-0.2, -0.15) is 0 Å². The van der Waals surface area contributed by atoms with E-state index in [1.165, 1.54) is 36.1 Å². The van der Waals surface area contributed by atoms with Crippen molar-refractivity contribution in [3.63, 3.8) is 0 Å². The number of hydrogen-bond donors (Lipinski definition) is 0. The number of ketones is 1. The van der Waals surface area contributed by atoms with Gasteiger partial charge in [0.15, 0.2) is 5.78 Å². The van der Waals surface area contributed by atoms with Gasteiger partial charge in [0, 0.05) is 15.7 Å². The van der Waals surface area contributed by atoms with Crippen LogP contribution in [0.15, 0.2) is 53.4 Å². The molecule has 0 radical (unpaired) electrons. The third-order valence-corrected chi connectivity index (χ3v) is 5.43. The van der Waals surface area contributed by atoms with Crippen molar-refractivity contribution in [2.24, 2.45) is 0 Å². The molecule has 2 aromatic carbocycles. The van der Waals surface area contributed by atoms with Crippen LogP contribution in [-0.2, 0) is 0 Å². The Kier molecular flexibility index (Phi) is 4.45. The second-order valence-electron chi connectivity index (χ2n) is 5.68. The summed E-state index contributed by atoms with van der Waals surface area (Å²) in [6, 6.07) is 16.7. The highest BCUT2D eigenvalue weighted by Gasteiger charge is 2.15. The fraction of sp³-hybridized carbons (Fsp3) is 0.316. The Morgan fingerprint density at radius 3 is 1.95 bits per heavy atom. The molecule has 1 fully saturated rings. The quantitative estimate of drug-likeness (QED) is 0.684. The molecule has 0 saturated heterocycles. The van der Waals surface area contributed by atoms with E-state index in [0.717, 1.165) is 16.4 Å². The molecule has 0 unspecified atom stereocenters. The maximum absolute atomic E-state index is 11.3. The van der Waals surface area contributed by atoms with Crippen LogP contribution in [0.5, 0.6) is 0 Å². The lowest BCUT2D eigenvalue weighted by atomic mass is 10.0. The third-order valence-electron chi connectivity index (χ3n) is 4.08. The molecule has 0 bridgehead atoms. The van der Waals surface area contributed by atoms with E-state index < -0.39 is 0 Å². The highest BCUT2D eigenvalue weighted by atomic mass is 32.2. The number of hydrogen-bond acceptors (Lipinski definition) is 2. The zero-order valence-electron chi connectivity index (χ0n) is 12.3. The van der Waals surface area contributed by atoms with Gasteiger partial charge < -0.3 is 0 Å². The maximum atomic E-state index is 11.3. The van der Waals surface area contributed by atoms with Crippen molar-refractivity contribution >= 4 is 17.5 Å². The lowest BCUT2D eigenvalue weighted by Gasteiger charge is -2.09. The van der Waals surface area contributed by atoms with Crippen molar-refractivity contribution in [1.29, 1.82) is 0 Å². The Balaban J connectivity index is 1.72. The van der Waals surface area contributed by atoms with Gasteiger partial charge in [-0.05, 0) is 43.0 Å². The first-order valence-corrected chi connectivity index (χ1v) is 8.48. The van der Waals surface area contributed by atoms with Crippen LogP contribution in [0.25, 0.3) is 11.1 Å². The molecule has 0 amide bonds. The first kappa shape index (κ1) is 14.4. The number of rotatable bonds is 4. The van der Waals surface area contributed by atoms with Crippen LogP contribution in [-0.4, -0.2) is 11.0 Å². The standard InChI is InChI=1S/C19H20OS/c1-14(20)15-6-8-16(9-7-15)17-10-12-19(13-11-17)21-18-4-2-3-5-18/h6-13,18H,2-5H2,1H3. The summed E-state index contributed by atoms with van der Waals surface area (Å²) in [5.74, 6) is 0.116. The van der Waals surface area contributed by atoms with E-state index in [1.807, 2.05) is 36.0 Å². The maximum Gasteiger partial charge on any atom is 0.159 e. The van der Waals surface area contributed by atoms with Crippen molar-refractivity contribution < 1.29 is 4.79 Å². The normalized spacial score (nSPS) is 15.3. The van der Waals surface area contributed by atoms with Crippen LogP contribution < -0.4 is 0 Å². The van der Waals surface area contributed by atoms with E-state index in [2.05, 4.69) is 24.3 Å². The summed E-state index contributed by atoms with van der Waals surface area (Å²) in [6.45, 7) is 1.60. The van der Waals surface area contributed by atoms with E-state index in [0.29, 0.717) is 0 Å². The van der Waals surface area contributed by atoms with Gasteiger partial charge in [-0.3, -0.25) is 4.79 Å². The Hall–Kier alpha value is -1.54. The van der Waals surface area contributed by atoms with Crippen molar-refractivity contribution in [3.8, 4) is 11.1 Å². The number of Topliss-reactive ketones (excluding diaryl/α,β-unsaturated/α-hetero) is 1. The molecule has 0 aliphatic heterocycles. The first-order chi connectivity index (χ1) is 10.2. The van der Waals surface area contributed by atoms with Crippen molar-refractivity contribution in [2.45, 2.75) is 42.8 Å². The summed E-state index contributed by atoms with van der Waals surface area (Å²) in [5.41, 5.74) is 3.14. The van der Waals surface area contributed by atoms with Crippen LogP contribution in [0.3, 0.4) is 0 Å². The predicted octanol–water partition coefficient (Wildman–Crippen LogP) is 5.59. The van der Waals surface area contributed by atoms with Gasteiger partial charge in [0.1, 0.15) is 0 Å². The second-order valence-corrected chi connectivity index (χ2v) is 7.06. The van der Waals surface area contributed by atoms with E-state index in [-0.39, 0.29) is 5.78 Å². The summed E-state index contributed by atoms with van der Waals surface area (Å²) >= 11 is 2.02. The fourth-order valence-corrected chi connectivity index (χ4v) is 4.07. The zero-order chi connectivity index (χ0) is 14.7. The molecule has 0 N–H and O–H groups in total. The van der Waals surface area contributed by atoms with E-state index in [4.69, 9.17) is 0 Å². The number of thioether (sulfide) groups is 1. The van der Waals surface area contributed by atoms with Crippen LogP contribution in [0.4, 0.5) is 0 Å². The fourth-order valence-electron chi connectivity index (χ4n) is 2.82. The molecule has 0 atom stereocenters. The molecule has 1 nitrogen and oxygen atoms in total. The van der Waals surface area contributed by atoms with Crippen LogP contribution >= 0.6 is 11.8 Å². The summed E-state index contributed by atoms with van der Waals surface area (Å²) in [6.07, 6.45) is 5.49. The zero-order valence-corrected chi connectivity index (χ0v) is 13.2. The van der Waals surface area contributed by atoms with Crippen molar-refractivity contribution in [2.75, 3.05) is 0 Å². The van der Waals surface area contributed by atoms with E-state index in [9.17, 15) is 4.79 Å². The molecule has 3 rings (SSSR count). The van der Waals surface area contributed by atoms with E-state index >= 15 is 0 Å². The van der Waals surface area contributed by atoms with Gasteiger partial charge >= 0.3 is 0 Å². The lowest BCUT2D eigenvalue weighted by molar-refractivity contribution is 0.101. The number of benzene rings is 2. The molecule has 0 aromatic heterocycles. The average Bonchev–Trinajstić information content (AvgIpc) is 3.01. The van der Waals surface area contributed by atoms with Gasteiger partial charge in [0.2, 0.25) is 0 Å². The Labute approximate surface area is 130 Å². The SMILES string of the molecule is CC(=O)c1ccc(-c2ccc(SC3CCCC3)cc2)cc1. The molecule has 1 saturated carbocycles. The Bertz CT molecular complexity index is 607. The largest absolute Gasteiger partial charge is 0.295 e. The monoisotopic (exact) mass is 296 g/mol. The molecular formula is C19H20OS. The molecule has 0 heterocycles. The summed E-state index contributed by atoms with van der Waals surface area (Å²) in [4.78, 5) is 12.7. The van der Waals surface area contributed by atoms with Gasteiger partial charge in [0.25, 0.3) is 0 Å². The Morgan fingerprint density at radius 2 is 1.43 bits per heavy atom. The van der Waals surface area contributed by atoms with Gasteiger partial charge in [-0.1, -0.05) is 49.2 Å². The van der Waals surface area contributed by atoms with Gasteiger partial charge in [0.05, 0.1) is 0 Å². The summed E-state index contributed by atoms with van der Waals surface area (Å²) < 4.78 is 0. The first-order valence-electron chi connectivity index (χ1n) is 7.60. The van der Waals surface area contributed by atoms with Crippen LogP contribution in [0, 0.1) is 0 Å². The van der Waals surface area contributed by atoms with Crippen LogP contribution in [0.2, 0.25) is 0 Å². The molecule has 2 aromatic rings. The van der Waals surface area contributed by atoms with E-state index in [1.54, 1.807) is 6.92 Å². The topological polar surface area (TPSA) is 17.1 Å². The second kappa shape index (κ2) is 6.48. The summed E-state index contributed by atoms with van der Waals surface area (Å²) in [5, 5.41) is 0.811. The van der Waals surface area contributed by atoms with Crippen molar-refractivity contribution in [1.82, 2.24) is 0 Å². The average molecular weight is 296 g/mol. The predicted molar refractivity (Wildman–Crippen MR) is 90.0 cm³/mol. The molecule has 0 spiro atoms. The molecular weight excluding hydrogens is 276 g/mol. The van der Waals surface area contributed by atoms with Crippen LogP contribution in [0.1, 0.15) is 43.0 Å². The smallest absolute Gasteiger partial charge is 0.159 e. The van der Waals surface area contributed by atoms with Crippen molar-refractivity contribution in [3.05, 3.63) is 54.1 Å². The molecule has 108 valence electrons. The van der Waals surface area contributed by atoms with Gasteiger partial charge in [-0.25, -0.2) is 0 Å². The van der Waals surface area contributed by atoms with Gasteiger partial charge in [-0.15, -0.1) is 11.8 Å². The molecule has 1 aliphatic carbocycles. The minimum Gasteiger partial charge on any atom is -0.295 e. The lowest BCUT2D eigenvalue weighted by Crippen LogP contribution is -1.93. The number of carbonyl (C=O) groups excluding carboxylic acids is 1. The number of carbonyl (C=O) groups is 1. The third kappa shape index (κ3) is 3.56. The Morgan fingerprint density at radius 1 is 0.905 bits per heavy atom. The minimum atomic E-state index is 0.116. The highest BCUT2D eigenvalue weighted by molar-refractivity contribution is 8.00. The minimum absolute atomic E-state index is 0.116. The molecule has 21 heavy (non-hydrogen) atoms. The highest BCUT2D eigenvalue weighted by Crippen LogP contribution is 2.35. The summed E-state index contributed by atoms with van der Waals surface area (Å²) in [7, 11) is 0.